The van der Waals surface area contributed by atoms with Crippen LogP contribution in [0.15, 0.2) is 24.4 Å². The van der Waals surface area contributed by atoms with E-state index in [1.165, 1.54) is 5.56 Å². The van der Waals surface area contributed by atoms with Gasteiger partial charge >= 0.3 is 0 Å². The largest absolute Gasteiger partial charge is 0.381 e. The summed E-state index contributed by atoms with van der Waals surface area (Å²) in [5, 5.41) is 5.89. The fraction of sp³-hybridized carbons (Fsp3) is 0.615. The van der Waals surface area contributed by atoms with Gasteiger partial charge in [0.05, 0.1) is 0 Å². The van der Waals surface area contributed by atoms with E-state index in [9.17, 15) is 9.18 Å². The van der Waals surface area contributed by atoms with E-state index in [0.717, 1.165) is 74.0 Å². The molecule has 0 radical (unpaired) electrons. The first-order valence-corrected chi connectivity index (χ1v) is 12.7. The minimum Gasteiger partial charge on any atom is -0.381 e. The average Bonchev–Trinajstić information content (AvgIpc) is 3.50. The summed E-state index contributed by atoms with van der Waals surface area (Å²) in [6.07, 6.45) is 8.42. The lowest BCUT2D eigenvalue weighted by Crippen LogP contribution is -2.54. The number of rotatable bonds is 4. The molecule has 3 heterocycles. The number of anilines is 1. The van der Waals surface area contributed by atoms with Crippen molar-refractivity contribution in [1.82, 2.24) is 9.88 Å². The first-order chi connectivity index (χ1) is 16.0. The van der Waals surface area contributed by atoms with Gasteiger partial charge in [-0.3, -0.25) is 9.69 Å². The third-order valence-electron chi connectivity index (χ3n) is 8.60. The summed E-state index contributed by atoms with van der Waals surface area (Å²) < 4.78 is 18.7. The van der Waals surface area contributed by atoms with Crippen molar-refractivity contribution in [2.24, 2.45) is 11.3 Å². The number of alkyl halides is 1. The molecular weight excluding hydrogens is 441 g/mol. The second kappa shape index (κ2) is 8.47. The number of hydrogen-bond donors (Lipinski definition) is 1. The molecule has 176 valence electrons. The molecule has 1 N–H and O–H groups in total. The number of benzene rings is 1. The van der Waals surface area contributed by atoms with Gasteiger partial charge in [-0.25, -0.2) is 9.37 Å². The van der Waals surface area contributed by atoms with Crippen LogP contribution in [-0.2, 0) is 9.53 Å². The zero-order chi connectivity index (χ0) is 22.6. The molecule has 4 aliphatic rings. The van der Waals surface area contributed by atoms with Crippen molar-refractivity contribution in [2.45, 2.75) is 63.1 Å². The van der Waals surface area contributed by atoms with Gasteiger partial charge in [-0.2, -0.15) is 0 Å². The molecule has 2 saturated carbocycles. The van der Waals surface area contributed by atoms with Gasteiger partial charge in [-0.15, -0.1) is 0 Å². The highest BCUT2D eigenvalue weighted by Crippen LogP contribution is 2.59. The normalized spacial score (nSPS) is 29.7. The van der Waals surface area contributed by atoms with E-state index in [0.29, 0.717) is 30.9 Å². The van der Waals surface area contributed by atoms with Crippen LogP contribution in [0.1, 0.15) is 56.4 Å². The number of carbonyl (C=O) groups excluding carboxylic acids is 1. The van der Waals surface area contributed by atoms with Crippen LogP contribution in [0.3, 0.4) is 0 Å². The number of hydrogen-bond acceptors (Lipinski definition) is 4. The molecule has 1 amide bonds. The highest BCUT2D eigenvalue weighted by atomic mass is 35.5. The molecule has 33 heavy (non-hydrogen) atoms. The number of nitrogens with one attached hydrogen (secondary N) is 1. The topological polar surface area (TPSA) is 54.5 Å². The molecule has 2 saturated heterocycles. The molecule has 1 aromatic heterocycles. The molecule has 1 atom stereocenters. The van der Waals surface area contributed by atoms with Gasteiger partial charge in [0.25, 0.3) is 0 Å². The van der Waals surface area contributed by atoms with E-state index in [2.05, 4.69) is 21.3 Å². The lowest BCUT2D eigenvalue weighted by Gasteiger charge is -2.43. The SMILES string of the molecule is O=C(Nc1cc2cc([C@H]3CC[C@H](N4CC(F)C4)CC3)c(Cl)cc2cn1)[C@@H]1CC12CCOCC2. The van der Waals surface area contributed by atoms with Crippen LogP contribution >= 0.6 is 11.6 Å². The fourth-order valence-electron chi connectivity index (χ4n) is 6.33. The first kappa shape index (κ1) is 21.8. The highest BCUT2D eigenvalue weighted by Gasteiger charge is 2.58. The van der Waals surface area contributed by atoms with Gasteiger partial charge < -0.3 is 10.1 Å². The predicted octanol–water partition coefficient (Wildman–Crippen LogP) is 5.32. The van der Waals surface area contributed by atoms with Crippen LogP contribution in [-0.4, -0.2) is 54.3 Å². The lowest BCUT2D eigenvalue weighted by atomic mass is 9.80. The van der Waals surface area contributed by atoms with Gasteiger partial charge in [-0.05, 0) is 85.4 Å². The quantitative estimate of drug-likeness (QED) is 0.655. The Morgan fingerprint density at radius 3 is 2.61 bits per heavy atom. The van der Waals surface area contributed by atoms with Gasteiger partial charge in [0.1, 0.15) is 12.0 Å². The van der Waals surface area contributed by atoms with Crippen molar-refractivity contribution < 1.29 is 13.9 Å². The van der Waals surface area contributed by atoms with Gasteiger partial charge in [0, 0.05) is 54.9 Å². The molecule has 2 aliphatic heterocycles. The van der Waals surface area contributed by atoms with E-state index >= 15 is 0 Å². The Bertz CT molecular complexity index is 1060. The maximum atomic E-state index is 13.2. The molecule has 1 aromatic carbocycles. The van der Waals surface area contributed by atoms with Gasteiger partial charge in [0.15, 0.2) is 0 Å². The molecule has 1 spiro atoms. The number of likely N-dealkylation sites (tertiary alicyclic amines) is 1. The summed E-state index contributed by atoms with van der Waals surface area (Å²) in [5.41, 5.74) is 1.33. The maximum Gasteiger partial charge on any atom is 0.229 e. The maximum absolute atomic E-state index is 13.2. The lowest BCUT2D eigenvalue weighted by molar-refractivity contribution is -0.118. The van der Waals surface area contributed by atoms with Gasteiger partial charge in [0.2, 0.25) is 5.91 Å². The van der Waals surface area contributed by atoms with Gasteiger partial charge in [-0.1, -0.05) is 11.6 Å². The summed E-state index contributed by atoms with van der Waals surface area (Å²) in [6.45, 7) is 2.72. The summed E-state index contributed by atoms with van der Waals surface area (Å²) in [7, 11) is 0. The summed E-state index contributed by atoms with van der Waals surface area (Å²) in [5.74, 6) is 1.19. The molecular formula is C26H31ClFN3O2. The minimum absolute atomic E-state index is 0.0777. The van der Waals surface area contributed by atoms with Crippen molar-refractivity contribution in [2.75, 3.05) is 31.6 Å². The van der Waals surface area contributed by atoms with Crippen LogP contribution in [0.5, 0.6) is 0 Å². The Labute approximate surface area is 199 Å². The number of halogens is 2. The van der Waals surface area contributed by atoms with E-state index in [1.54, 1.807) is 6.20 Å². The van der Waals surface area contributed by atoms with Crippen LogP contribution in [0.4, 0.5) is 10.2 Å². The molecule has 7 heteroatoms. The fourth-order valence-corrected chi connectivity index (χ4v) is 6.66. The van der Waals surface area contributed by atoms with Crippen molar-refractivity contribution in [3.05, 3.63) is 35.0 Å². The Morgan fingerprint density at radius 1 is 1.12 bits per heavy atom. The minimum atomic E-state index is -0.636. The van der Waals surface area contributed by atoms with Crippen LogP contribution < -0.4 is 5.32 Å². The second-order valence-electron chi connectivity index (χ2n) is 10.6. The van der Waals surface area contributed by atoms with E-state index in [4.69, 9.17) is 16.3 Å². The number of pyridine rings is 1. The second-order valence-corrected chi connectivity index (χ2v) is 11.0. The third-order valence-corrected chi connectivity index (χ3v) is 8.93. The summed E-state index contributed by atoms with van der Waals surface area (Å²) >= 11 is 6.68. The Kier molecular flexibility index (Phi) is 5.58. The molecule has 4 fully saturated rings. The number of amides is 1. The van der Waals surface area contributed by atoms with Crippen molar-refractivity contribution in [3.63, 3.8) is 0 Å². The number of aromatic nitrogens is 1. The molecule has 2 aromatic rings. The Morgan fingerprint density at radius 2 is 1.88 bits per heavy atom. The van der Waals surface area contributed by atoms with Crippen molar-refractivity contribution in [3.8, 4) is 0 Å². The van der Waals surface area contributed by atoms with Crippen LogP contribution in [0.2, 0.25) is 5.02 Å². The molecule has 2 aliphatic carbocycles. The summed E-state index contributed by atoms with van der Waals surface area (Å²) in [4.78, 5) is 19.6. The highest BCUT2D eigenvalue weighted by molar-refractivity contribution is 6.32. The molecule has 0 unspecified atom stereocenters. The standard InChI is InChI=1S/C26H31ClFN3O2/c27-23-10-18-13-29-24(30-25(32)22-12-26(22)5-7-33-8-6-26)11-17(18)9-21(23)16-1-3-20(4-2-16)31-14-19(28)15-31/h9-11,13,16,19-20,22H,1-8,12,14-15H2,(H,29,30,32)/t16-,20-,22-/m0/s1. The van der Waals surface area contributed by atoms with E-state index in [1.807, 2.05) is 12.1 Å². The van der Waals surface area contributed by atoms with Crippen LogP contribution in [0, 0.1) is 11.3 Å². The smallest absolute Gasteiger partial charge is 0.229 e. The van der Waals surface area contributed by atoms with Crippen molar-refractivity contribution >= 4 is 34.1 Å². The zero-order valence-corrected chi connectivity index (χ0v) is 19.6. The average molecular weight is 472 g/mol. The molecule has 6 rings (SSSR count). The number of fused-ring (bicyclic) bond motifs is 1. The number of ether oxygens (including phenoxy) is 1. The van der Waals surface area contributed by atoms with E-state index < -0.39 is 6.17 Å². The Balaban J connectivity index is 1.14. The van der Waals surface area contributed by atoms with Crippen molar-refractivity contribution in [1.29, 1.82) is 0 Å². The Hall–Kier alpha value is -1.76. The molecule has 5 nitrogen and oxygen atoms in total. The monoisotopic (exact) mass is 471 g/mol. The first-order valence-electron chi connectivity index (χ1n) is 12.4. The van der Waals surface area contributed by atoms with E-state index in [-0.39, 0.29) is 17.2 Å². The number of nitrogens with zero attached hydrogens (tertiary/aromatic N) is 2. The predicted molar refractivity (Wildman–Crippen MR) is 127 cm³/mol. The third kappa shape index (κ3) is 4.15. The summed E-state index contributed by atoms with van der Waals surface area (Å²) in [6, 6.07) is 6.66. The zero-order valence-electron chi connectivity index (χ0n) is 18.9. The molecule has 0 bridgehead atoms. The van der Waals surface area contributed by atoms with Crippen LogP contribution in [0.25, 0.3) is 10.8 Å². The number of carbonyl (C=O) groups is 1.